The van der Waals surface area contributed by atoms with Crippen LogP contribution < -0.4 is 0 Å². The zero-order valence-electron chi connectivity index (χ0n) is 8.71. The lowest BCUT2D eigenvalue weighted by atomic mass is 9.97. The van der Waals surface area contributed by atoms with E-state index < -0.39 is 24.6 Å². The van der Waals surface area contributed by atoms with Crippen molar-refractivity contribution in [3.63, 3.8) is 0 Å². The number of hydrogen-bond acceptors (Lipinski definition) is 5. The Labute approximate surface area is 83.6 Å². The first-order valence-electron chi connectivity index (χ1n) is 4.72. The zero-order chi connectivity index (χ0) is 10.7. The molecule has 2 N–H and O–H groups in total. The maximum Gasteiger partial charge on any atom is 0.186 e. The minimum absolute atomic E-state index is 0.247. The van der Waals surface area contributed by atoms with Gasteiger partial charge in [-0.2, -0.15) is 0 Å². The SMILES string of the molecule is CCC1O[C@@H](OC)[C@H](O)[C@@H](O)[C@@H]1OC. The first-order chi connectivity index (χ1) is 6.65. The molecule has 1 heterocycles. The van der Waals surface area contributed by atoms with Gasteiger partial charge in [-0.15, -0.1) is 0 Å². The Morgan fingerprint density at radius 3 is 2.21 bits per heavy atom. The Bertz CT molecular complexity index is 173. The summed E-state index contributed by atoms with van der Waals surface area (Å²) >= 11 is 0. The quantitative estimate of drug-likeness (QED) is 0.652. The topological polar surface area (TPSA) is 68.2 Å². The molecule has 5 heteroatoms. The van der Waals surface area contributed by atoms with Crippen LogP contribution in [0.15, 0.2) is 0 Å². The van der Waals surface area contributed by atoms with E-state index in [1.165, 1.54) is 14.2 Å². The van der Waals surface area contributed by atoms with Crippen molar-refractivity contribution in [2.24, 2.45) is 0 Å². The van der Waals surface area contributed by atoms with Gasteiger partial charge in [0, 0.05) is 14.2 Å². The van der Waals surface area contributed by atoms with E-state index in [2.05, 4.69) is 0 Å². The predicted octanol–water partition coefficient (Wildman–Crippen LogP) is -0.496. The van der Waals surface area contributed by atoms with Gasteiger partial charge in [-0.1, -0.05) is 6.92 Å². The highest BCUT2D eigenvalue weighted by atomic mass is 16.7. The van der Waals surface area contributed by atoms with Gasteiger partial charge in [0.15, 0.2) is 6.29 Å². The fourth-order valence-electron chi connectivity index (χ4n) is 1.72. The van der Waals surface area contributed by atoms with E-state index in [9.17, 15) is 10.2 Å². The Morgan fingerprint density at radius 2 is 1.79 bits per heavy atom. The van der Waals surface area contributed by atoms with E-state index in [0.717, 1.165) is 0 Å². The standard InChI is InChI=1S/C9H18O5/c1-4-5-8(12-2)6(10)7(11)9(13-3)14-5/h5-11H,4H2,1-3H3/t5?,6-,7-,8-,9-/m1/s1. The molecule has 1 aliphatic rings. The Hall–Kier alpha value is -0.200. The normalized spacial score (nSPS) is 43.9. The second kappa shape index (κ2) is 5.04. The van der Waals surface area contributed by atoms with E-state index in [-0.39, 0.29) is 6.10 Å². The van der Waals surface area contributed by atoms with Gasteiger partial charge in [0.1, 0.15) is 18.3 Å². The monoisotopic (exact) mass is 206 g/mol. The third kappa shape index (κ3) is 2.07. The lowest BCUT2D eigenvalue weighted by molar-refractivity contribution is -0.293. The molecule has 14 heavy (non-hydrogen) atoms. The molecule has 1 rings (SSSR count). The minimum Gasteiger partial charge on any atom is -0.387 e. The summed E-state index contributed by atoms with van der Waals surface area (Å²) in [6, 6.07) is 0. The van der Waals surface area contributed by atoms with E-state index in [4.69, 9.17) is 14.2 Å². The Morgan fingerprint density at radius 1 is 1.14 bits per heavy atom. The molecule has 0 saturated carbocycles. The highest BCUT2D eigenvalue weighted by molar-refractivity contribution is 4.89. The van der Waals surface area contributed by atoms with Crippen LogP contribution in [-0.2, 0) is 14.2 Å². The van der Waals surface area contributed by atoms with E-state index in [1.807, 2.05) is 6.92 Å². The fraction of sp³-hybridized carbons (Fsp3) is 1.00. The van der Waals surface area contributed by atoms with Gasteiger partial charge in [0.2, 0.25) is 0 Å². The van der Waals surface area contributed by atoms with Crippen LogP contribution >= 0.6 is 0 Å². The number of hydrogen-bond donors (Lipinski definition) is 2. The van der Waals surface area contributed by atoms with Crippen molar-refractivity contribution in [2.45, 2.75) is 44.1 Å². The van der Waals surface area contributed by atoms with Gasteiger partial charge < -0.3 is 24.4 Å². The molecule has 1 saturated heterocycles. The molecule has 1 unspecified atom stereocenters. The van der Waals surface area contributed by atoms with E-state index in [1.54, 1.807) is 0 Å². The van der Waals surface area contributed by atoms with Crippen molar-refractivity contribution < 1.29 is 24.4 Å². The fourth-order valence-corrected chi connectivity index (χ4v) is 1.72. The van der Waals surface area contributed by atoms with Gasteiger partial charge in [-0.05, 0) is 6.42 Å². The number of rotatable bonds is 3. The number of aliphatic hydroxyl groups is 2. The maximum atomic E-state index is 9.71. The van der Waals surface area contributed by atoms with Crippen LogP contribution in [0.25, 0.3) is 0 Å². The summed E-state index contributed by atoms with van der Waals surface area (Å²) in [5, 5.41) is 19.3. The summed E-state index contributed by atoms with van der Waals surface area (Å²) in [6.45, 7) is 1.92. The first-order valence-corrected chi connectivity index (χ1v) is 4.72. The molecule has 0 aliphatic carbocycles. The van der Waals surface area contributed by atoms with Crippen LogP contribution in [0.2, 0.25) is 0 Å². The highest BCUT2D eigenvalue weighted by Gasteiger charge is 2.44. The van der Waals surface area contributed by atoms with Gasteiger partial charge >= 0.3 is 0 Å². The molecule has 0 aromatic rings. The number of ether oxygens (including phenoxy) is 3. The predicted molar refractivity (Wildman–Crippen MR) is 48.8 cm³/mol. The molecule has 84 valence electrons. The molecule has 5 atom stereocenters. The van der Waals surface area contributed by atoms with Crippen molar-refractivity contribution in [1.82, 2.24) is 0 Å². The van der Waals surface area contributed by atoms with Gasteiger partial charge in [0.25, 0.3) is 0 Å². The maximum absolute atomic E-state index is 9.71. The second-order valence-electron chi connectivity index (χ2n) is 3.37. The lowest BCUT2D eigenvalue weighted by Crippen LogP contribution is -2.58. The van der Waals surface area contributed by atoms with Crippen LogP contribution in [0.4, 0.5) is 0 Å². The summed E-state index contributed by atoms with van der Waals surface area (Å²) in [7, 11) is 2.92. The van der Waals surface area contributed by atoms with Crippen molar-refractivity contribution in [2.75, 3.05) is 14.2 Å². The van der Waals surface area contributed by atoms with Gasteiger partial charge in [-0.25, -0.2) is 0 Å². The molecular formula is C9H18O5. The van der Waals surface area contributed by atoms with Crippen LogP contribution in [-0.4, -0.2) is 55.1 Å². The number of methoxy groups -OCH3 is 2. The third-order valence-electron chi connectivity index (χ3n) is 2.55. The second-order valence-corrected chi connectivity index (χ2v) is 3.37. The Balaban J connectivity index is 2.71. The van der Waals surface area contributed by atoms with Crippen molar-refractivity contribution in [1.29, 1.82) is 0 Å². The average molecular weight is 206 g/mol. The minimum atomic E-state index is -1.06. The summed E-state index contributed by atoms with van der Waals surface area (Å²) in [4.78, 5) is 0. The first kappa shape index (κ1) is 11.9. The molecule has 1 fully saturated rings. The van der Waals surface area contributed by atoms with Crippen molar-refractivity contribution in [3.05, 3.63) is 0 Å². The molecule has 0 aromatic carbocycles. The Kier molecular flexibility index (Phi) is 4.28. The molecular weight excluding hydrogens is 188 g/mol. The molecule has 1 aliphatic heterocycles. The van der Waals surface area contributed by atoms with Crippen LogP contribution in [0.5, 0.6) is 0 Å². The zero-order valence-corrected chi connectivity index (χ0v) is 8.71. The van der Waals surface area contributed by atoms with Crippen molar-refractivity contribution in [3.8, 4) is 0 Å². The van der Waals surface area contributed by atoms with Gasteiger partial charge in [-0.3, -0.25) is 0 Å². The summed E-state index contributed by atoms with van der Waals surface area (Å²) in [6.07, 6.45) is -2.86. The summed E-state index contributed by atoms with van der Waals surface area (Å²) in [5.74, 6) is 0. The largest absolute Gasteiger partial charge is 0.387 e. The molecule has 0 amide bonds. The average Bonchev–Trinajstić information content (AvgIpc) is 2.21. The lowest BCUT2D eigenvalue weighted by Gasteiger charge is -2.41. The van der Waals surface area contributed by atoms with Crippen LogP contribution in [0.3, 0.4) is 0 Å². The van der Waals surface area contributed by atoms with Crippen molar-refractivity contribution >= 4 is 0 Å². The van der Waals surface area contributed by atoms with Crippen LogP contribution in [0.1, 0.15) is 13.3 Å². The molecule has 0 radical (unpaired) electrons. The van der Waals surface area contributed by atoms with Gasteiger partial charge in [0.05, 0.1) is 6.10 Å². The molecule has 0 spiro atoms. The molecule has 0 bridgehead atoms. The number of aliphatic hydroxyl groups excluding tert-OH is 2. The van der Waals surface area contributed by atoms with Crippen LogP contribution in [0, 0.1) is 0 Å². The smallest absolute Gasteiger partial charge is 0.186 e. The summed E-state index contributed by atoms with van der Waals surface area (Å²) < 4.78 is 15.4. The van der Waals surface area contributed by atoms with E-state index >= 15 is 0 Å². The molecule has 5 nitrogen and oxygen atoms in total. The molecule has 0 aromatic heterocycles. The highest BCUT2D eigenvalue weighted by Crippen LogP contribution is 2.25. The van der Waals surface area contributed by atoms with E-state index in [0.29, 0.717) is 6.42 Å². The third-order valence-corrected chi connectivity index (χ3v) is 2.55. The summed E-state index contributed by atoms with van der Waals surface area (Å²) in [5.41, 5.74) is 0.